The van der Waals surface area contributed by atoms with Crippen molar-refractivity contribution in [1.29, 1.82) is 0 Å². The van der Waals surface area contributed by atoms with E-state index in [0.29, 0.717) is 30.3 Å². The molecule has 1 aliphatic heterocycles. The molecule has 1 atom stereocenters. The maximum Gasteiger partial charge on any atom is 0.272 e. The summed E-state index contributed by atoms with van der Waals surface area (Å²) in [6.45, 7) is 1.20. The van der Waals surface area contributed by atoms with Crippen LogP contribution in [0.2, 0.25) is 0 Å². The molecular weight excluding hydrogens is 392 g/mol. The van der Waals surface area contributed by atoms with Gasteiger partial charge in [-0.3, -0.25) is 14.6 Å². The summed E-state index contributed by atoms with van der Waals surface area (Å²) < 4.78 is 0. The molecule has 2 N–H and O–H groups in total. The first-order valence-electron chi connectivity index (χ1n) is 10.1. The van der Waals surface area contributed by atoms with Crippen molar-refractivity contribution >= 4 is 17.8 Å². The van der Waals surface area contributed by atoms with Crippen LogP contribution < -0.4 is 10.6 Å². The third kappa shape index (κ3) is 4.23. The highest BCUT2D eigenvalue weighted by atomic mass is 16.2. The van der Waals surface area contributed by atoms with Crippen LogP contribution in [-0.2, 0) is 0 Å². The van der Waals surface area contributed by atoms with E-state index in [1.165, 1.54) is 0 Å². The number of hydrogen-bond donors (Lipinski definition) is 1. The quantitative estimate of drug-likeness (QED) is 0.684. The number of likely N-dealkylation sites (tertiary alicyclic amines) is 1. The van der Waals surface area contributed by atoms with E-state index in [-0.39, 0.29) is 11.8 Å². The van der Waals surface area contributed by atoms with Gasteiger partial charge in [-0.2, -0.15) is 0 Å². The Kier molecular flexibility index (Phi) is 5.62. The van der Waals surface area contributed by atoms with Gasteiger partial charge in [0.2, 0.25) is 11.9 Å². The Morgan fingerprint density at radius 1 is 1.10 bits per heavy atom. The summed E-state index contributed by atoms with van der Waals surface area (Å²) in [5, 5.41) is 0. The summed E-state index contributed by atoms with van der Waals surface area (Å²) in [5.41, 5.74) is 8.94. The Bertz CT molecular complexity index is 1100. The number of nitrogens with two attached hydrogens (primary N) is 1. The van der Waals surface area contributed by atoms with Gasteiger partial charge in [0.15, 0.2) is 0 Å². The lowest BCUT2D eigenvalue weighted by Gasteiger charge is -2.19. The van der Waals surface area contributed by atoms with E-state index in [0.717, 1.165) is 23.2 Å². The Labute approximate surface area is 180 Å². The summed E-state index contributed by atoms with van der Waals surface area (Å²) >= 11 is 0. The summed E-state index contributed by atoms with van der Waals surface area (Å²) in [5.74, 6) is 0.144. The second-order valence-corrected chi connectivity index (χ2v) is 7.76. The van der Waals surface area contributed by atoms with Crippen molar-refractivity contribution in [2.75, 3.05) is 32.1 Å². The molecule has 0 saturated carbocycles. The van der Waals surface area contributed by atoms with Gasteiger partial charge >= 0.3 is 0 Å². The molecule has 8 nitrogen and oxygen atoms in total. The first-order chi connectivity index (χ1) is 14.9. The zero-order valence-corrected chi connectivity index (χ0v) is 17.5. The molecule has 0 aliphatic carbocycles. The fourth-order valence-electron chi connectivity index (χ4n) is 3.77. The molecule has 8 heteroatoms. The van der Waals surface area contributed by atoms with Gasteiger partial charge < -0.3 is 15.5 Å². The zero-order valence-electron chi connectivity index (χ0n) is 17.5. The van der Waals surface area contributed by atoms with Crippen molar-refractivity contribution in [2.24, 2.45) is 5.73 Å². The van der Waals surface area contributed by atoms with Gasteiger partial charge in [0.05, 0.1) is 5.69 Å². The maximum absolute atomic E-state index is 12.8. The van der Waals surface area contributed by atoms with Gasteiger partial charge in [-0.05, 0) is 36.2 Å². The van der Waals surface area contributed by atoms with Gasteiger partial charge in [0.25, 0.3) is 5.91 Å². The lowest BCUT2D eigenvalue weighted by molar-refractivity contribution is 0.0784. The van der Waals surface area contributed by atoms with Crippen LogP contribution in [0.1, 0.15) is 38.9 Å². The fraction of sp³-hybridized carbons (Fsp3) is 0.261. The first kappa shape index (κ1) is 20.5. The molecule has 2 aromatic heterocycles. The standard InChI is InChI=1S/C23H24N6O2/c1-28(2)23-26-13-18(15-6-8-16(9-7-15)21(24)30)20(27-23)17-10-12-29(14-17)22(31)19-5-3-4-11-25-19/h3-9,11,13,17H,10,12,14H2,1-2H3,(H2,24,30)/t17-/m0/s1. The summed E-state index contributed by atoms with van der Waals surface area (Å²) in [7, 11) is 3.79. The van der Waals surface area contributed by atoms with Gasteiger partial charge in [-0.25, -0.2) is 9.97 Å². The lowest BCUT2D eigenvalue weighted by Crippen LogP contribution is -2.29. The fourth-order valence-corrected chi connectivity index (χ4v) is 3.77. The molecule has 0 spiro atoms. The molecule has 1 fully saturated rings. The number of anilines is 1. The molecule has 1 aliphatic rings. The highest BCUT2D eigenvalue weighted by Crippen LogP contribution is 2.34. The zero-order chi connectivity index (χ0) is 22.0. The third-order valence-electron chi connectivity index (χ3n) is 5.43. The first-order valence-corrected chi connectivity index (χ1v) is 10.1. The highest BCUT2D eigenvalue weighted by molar-refractivity contribution is 5.93. The Hall–Kier alpha value is -3.81. The number of benzene rings is 1. The van der Waals surface area contributed by atoms with Gasteiger partial charge in [0, 0.05) is 56.6 Å². The number of primary amides is 1. The van der Waals surface area contributed by atoms with E-state index in [1.54, 1.807) is 36.7 Å². The number of amides is 2. The van der Waals surface area contributed by atoms with Crippen molar-refractivity contribution in [3.05, 3.63) is 71.8 Å². The molecule has 0 bridgehead atoms. The van der Waals surface area contributed by atoms with Crippen LogP contribution in [0.15, 0.2) is 54.9 Å². The minimum atomic E-state index is -0.467. The largest absolute Gasteiger partial charge is 0.366 e. The van der Waals surface area contributed by atoms with Crippen LogP contribution in [-0.4, -0.2) is 58.9 Å². The van der Waals surface area contributed by atoms with Gasteiger partial charge in [0.1, 0.15) is 5.69 Å². The molecule has 2 amide bonds. The predicted octanol–water partition coefficient (Wildman–Crippen LogP) is 2.33. The van der Waals surface area contributed by atoms with E-state index < -0.39 is 5.91 Å². The second kappa shape index (κ2) is 8.51. The number of pyridine rings is 1. The Morgan fingerprint density at radius 2 is 1.87 bits per heavy atom. The minimum Gasteiger partial charge on any atom is -0.366 e. The topological polar surface area (TPSA) is 105 Å². The second-order valence-electron chi connectivity index (χ2n) is 7.76. The Morgan fingerprint density at radius 3 is 2.52 bits per heavy atom. The number of nitrogens with zero attached hydrogens (tertiary/aromatic N) is 5. The van der Waals surface area contributed by atoms with Crippen LogP contribution in [0.3, 0.4) is 0 Å². The predicted molar refractivity (Wildman–Crippen MR) is 118 cm³/mol. The van der Waals surface area contributed by atoms with E-state index in [2.05, 4.69) is 9.97 Å². The average Bonchev–Trinajstić information content (AvgIpc) is 3.29. The van der Waals surface area contributed by atoms with E-state index in [1.807, 2.05) is 42.1 Å². The molecule has 158 valence electrons. The van der Waals surface area contributed by atoms with E-state index in [9.17, 15) is 9.59 Å². The summed E-state index contributed by atoms with van der Waals surface area (Å²) in [6.07, 6.45) is 4.23. The molecule has 1 aromatic carbocycles. The normalized spacial score (nSPS) is 15.7. The van der Waals surface area contributed by atoms with Crippen molar-refractivity contribution < 1.29 is 9.59 Å². The average molecular weight is 416 g/mol. The van der Waals surface area contributed by atoms with Crippen LogP contribution >= 0.6 is 0 Å². The number of carbonyl (C=O) groups is 2. The monoisotopic (exact) mass is 416 g/mol. The van der Waals surface area contributed by atoms with Crippen LogP contribution in [0, 0.1) is 0 Å². The van der Waals surface area contributed by atoms with Crippen LogP contribution in [0.5, 0.6) is 0 Å². The Balaban J connectivity index is 1.66. The minimum absolute atomic E-state index is 0.0696. The number of carbonyl (C=O) groups excluding carboxylic acids is 2. The SMILES string of the molecule is CN(C)c1ncc(-c2ccc(C(N)=O)cc2)c([C@H]2CCN(C(=O)c3ccccn3)C2)n1. The molecule has 3 aromatic rings. The van der Waals surface area contributed by atoms with Gasteiger partial charge in [-0.1, -0.05) is 18.2 Å². The van der Waals surface area contributed by atoms with Gasteiger partial charge in [-0.15, -0.1) is 0 Å². The van der Waals surface area contributed by atoms with Crippen molar-refractivity contribution in [3.63, 3.8) is 0 Å². The molecule has 0 radical (unpaired) electrons. The number of aromatic nitrogens is 3. The molecule has 4 rings (SSSR count). The molecule has 0 unspecified atom stereocenters. The number of hydrogen-bond acceptors (Lipinski definition) is 6. The van der Waals surface area contributed by atoms with Crippen molar-refractivity contribution in [2.45, 2.75) is 12.3 Å². The number of rotatable bonds is 5. The van der Waals surface area contributed by atoms with Crippen LogP contribution in [0.4, 0.5) is 5.95 Å². The molecular formula is C23H24N6O2. The van der Waals surface area contributed by atoms with E-state index >= 15 is 0 Å². The molecule has 31 heavy (non-hydrogen) atoms. The van der Waals surface area contributed by atoms with Crippen molar-refractivity contribution in [1.82, 2.24) is 19.9 Å². The molecule has 3 heterocycles. The molecule has 1 saturated heterocycles. The van der Waals surface area contributed by atoms with Crippen LogP contribution in [0.25, 0.3) is 11.1 Å². The third-order valence-corrected chi connectivity index (χ3v) is 5.43. The summed E-state index contributed by atoms with van der Waals surface area (Å²) in [6, 6.07) is 12.4. The lowest BCUT2D eigenvalue weighted by atomic mass is 9.95. The van der Waals surface area contributed by atoms with E-state index in [4.69, 9.17) is 10.7 Å². The highest BCUT2D eigenvalue weighted by Gasteiger charge is 2.31. The summed E-state index contributed by atoms with van der Waals surface area (Å²) in [4.78, 5) is 41.4. The smallest absolute Gasteiger partial charge is 0.272 e. The maximum atomic E-state index is 12.8. The van der Waals surface area contributed by atoms with Crippen molar-refractivity contribution in [3.8, 4) is 11.1 Å².